The maximum Gasteiger partial charge on any atom is 0.332 e. The van der Waals surface area contributed by atoms with Gasteiger partial charge in [-0.25, -0.2) is 9.59 Å². The highest BCUT2D eigenvalue weighted by molar-refractivity contribution is 5.75. The Kier molecular flexibility index (Phi) is 6.74. The van der Waals surface area contributed by atoms with E-state index in [2.05, 4.69) is 24.1 Å². The molecule has 2 amide bonds. The van der Waals surface area contributed by atoms with Gasteiger partial charge in [-0.15, -0.1) is 0 Å². The van der Waals surface area contributed by atoms with Crippen LogP contribution in [-0.4, -0.2) is 76.9 Å². The third-order valence-corrected chi connectivity index (χ3v) is 3.76. The van der Waals surface area contributed by atoms with Crippen molar-refractivity contribution >= 4 is 12.0 Å². The summed E-state index contributed by atoms with van der Waals surface area (Å²) in [6, 6.07) is 0.220. The van der Waals surface area contributed by atoms with Crippen molar-refractivity contribution in [1.82, 2.24) is 15.1 Å². The first-order chi connectivity index (χ1) is 9.49. The van der Waals surface area contributed by atoms with E-state index in [1.807, 2.05) is 0 Å². The molecule has 1 rings (SSSR count). The average molecular weight is 287 g/mol. The molecule has 1 aliphatic heterocycles. The minimum absolute atomic E-state index is 0.0222. The number of aliphatic hydroxyl groups is 1. The number of likely N-dealkylation sites (tertiary alicyclic amines) is 1. The lowest BCUT2D eigenvalue weighted by molar-refractivity contribution is -0.146. The molecule has 0 spiro atoms. The molecule has 0 aromatic rings. The van der Waals surface area contributed by atoms with Crippen LogP contribution in [0.1, 0.15) is 26.7 Å². The number of nitrogens with zero attached hydrogens (tertiary/aromatic N) is 2. The van der Waals surface area contributed by atoms with Crippen LogP contribution in [0, 0.1) is 0 Å². The molecule has 1 heterocycles. The lowest BCUT2D eigenvalue weighted by atomic mass is 10.2. The molecule has 1 fully saturated rings. The average Bonchev–Trinajstić information content (AvgIpc) is 2.89. The van der Waals surface area contributed by atoms with E-state index >= 15 is 0 Å². The number of hydrogen-bond acceptors (Lipinski definition) is 4. The minimum Gasteiger partial charge on any atom is -0.479 e. The number of hydrogen-bond donors (Lipinski definition) is 3. The number of carboxylic acids is 1. The number of nitrogens with one attached hydrogen (secondary N) is 1. The Hall–Kier alpha value is -1.34. The van der Waals surface area contributed by atoms with Crippen molar-refractivity contribution in [2.24, 2.45) is 0 Å². The van der Waals surface area contributed by atoms with E-state index in [1.165, 1.54) is 0 Å². The summed E-state index contributed by atoms with van der Waals surface area (Å²) < 4.78 is 0. The van der Waals surface area contributed by atoms with Crippen LogP contribution in [0.2, 0.25) is 0 Å². The molecule has 0 aromatic heterocycles. The van der Waals surface area contributed by atoms with Crippen molar-refractivity contribution in [3.05, 3.63) is 0 Å². The van der Waals surface area contributed by atoms with Crippen molar-refractivity contribution in [1.29, 1.82) is 0 Å². The molecule has 0 aromatic carbocycles. The zero-order valence-electron chi connectivity index (χ0n) is 12.2. The fraction of sp³-hybridized carbons (Fsp3) is 0.846. The number of carboxylic acid groups (broad SMARTS) is 1. The quantitative estimate of drug-likeness (QED) is 0.610. The van der Waals surface area contributed by atoms with E-state index in [0.717, 1.165) is 19.5 Å². The van der Waals surface area contributed by atoms with E-state index in [1.54, 1.807) is 4.90 Å². The first-order valence-corrected chi connectivity index (χ1v) is 7.17. The Morgan fingerprint density at radius 1 is 1.40 bits per heavy atom. The summed E-state index contributed by atoms with van der Waals surface area (Å²) >= 11 is 0. The molecule has 2 atom stereocenters. The van der Waals surface area contributed by atoms with Crippen molar-refractivity contribution < 1.29 is 19.8 Å². The molecule has 1 saturated heterocycles. The number of carbonyl (C=O) groups excluding carboxylic acids is 1. The first kappa shape index (κ1) is 16.7. The molecule has 0 aliphatic carbocycles. The Morgan fingerprint density at radius 2 is 2.05 bits per heavy atom. The summed E-state index contributed by atoms with van der Waals surface area (Å²) in [4.78, 5) is 26.4. The van der Waals surface area contributed by atoms with Gasteiger partial charge in [0.15, 0.2) is 6.10 Å². The summed E-state index contributed by atoms with van der Waals surface area (Å²) in [6.45, 7) is 7.75. The molecule has 0 radical (unpaired) electrons. The lowest BCUT2D eigenvalue weighted by Gasteiger charge is -2.26. The van der Waals surface area contributed by atoms with E-state index in [4.69, 9.17) is 10.2 Å². The number of carbonyl (C=O) groups is 2. The number of amides is 2. The Morgan fingerprint density at radius 3 is 2.60 bits per heavy atom. The minimum atomic E-state index is -1.42. The van der Waals surface area contributed by atoms with Gasteiger partial charge in [0.25, 0.3) is 0 Å². The van der Waals surface area contributed by atoms with Gasteiger partial charge in [-0.2, -0.15) is 0 Å². The van der Waals surface area contributed by atoms with Crippen LogP contribution in [0.25, 0.3) is 0 Å². The van der Waals surface area contributed by atoms with E-state index in [9.17, 15) is 9.59 Å². The van der Waals surface area contributed by atoms with Crippen LogP contribution in [0.3, 0.4) is 0 Å². The predicted molar refractivity (Wildman–Crippen MR) is 74.6 cm³/mol. The van der Waals surface area contributed by atoms with Crippen LogP contribution in [-0.2, 0) is 4.79 Å². The van der Waals surface area contributed by atoms with Crippen LogP contribution in [0.15, 0.2) is 0 Å². The van der Waals surface area contributed by atoms with Gasteiger partial charge < -0.3 is 20.4 Å². The first-order valence-electron chi connectivity index (χ1n) is 7.17. The van der Waals surface area contributed by atoms with Gasteiger partial charge in [0.1, 0.15) is 0 Å². The standard InChI is InChI=1S/C13H25N3O4/c1-3-15(4-2)10-6-8-16(9-10)13(20)14-7-5-11(17)12(18)19/h10-11,17H,3-9H2,1-2H3,(H,14,20)(H,18,19)/t10?,11-/m0/s1. The number of aliphatic carboxylic acids is 1. The monoisotopic (exact) mass is 287 g/mol. The van der Waals surface area contributed by atoms with Gasteiger partial charge in [0.05, 0.1) is 0 Å². The molecule has 1 aliphatic rings. The summed E-state index contributed by atoms with van der Waals surface area (Å²) in [5.74, 6) is -1.26. The molecule has 7 heteroatoms. The topological polar surface area (TPSA) is 93.1 Å². The second-order valence-electron chi connectivity index (χ2n) is 4.98. The smallest absolute Gasteiger partial charge is 0.332 e. The summed E-state index contributed by atoms with van der Waals surface area (Å²) in [5.41, 5.74) is 0. The highest BCUT2D eigenvalue weighted by atomic mass is 16.4. The molecule has 0 saturated carbocycles. The molecular weight excluding hydrogens is 262 g/mol. The SMILES string of the molecule is CCN(CC)C1CCN(C(=O)NCC[C@H](O)C(=O)O)C1. The Bertz CT molecular complexity index is 334. The summed E-state index contributed by atoms with van der Waals surface area (Å²) in [5, 5.41) is 20.3. The lowest BCUT2D eigenvalue weighted by Crippen LogP contribution is -2.43. The maximum atomic E-state index is 11.9. The van der Waals surface area contributed by atoms with Crippen molar-refractivity contribution in [2.45, 2.75) is 38.8 Å². The number of rotatable bonds is 7. The van der Waals surface area contributed by atoms with E-state index < -0.39 is 12.1 Å². The van der Waals surface area contributed by atoms with Crippen LogP contribution < -0.4 is 5.32 Å². The third kappa shape index (κ3) is 4.64. The van der Waals surface area contributed by atoms with Crippen molar-refractivity contribution in [2.75, 3.05) is 32.7 Å². The van der Waals surface area contributed by atoms with Crippen molar-refractivity contribution in [3.8, 4) is 0 Å². The third-order valence-electron chi connectivity index (χ3n) is 3.76. The fourth-order valence-corrected chi connectivity index (χ4v) is 2.52. The van der Waals surface area contributed by atoms with Gasteiger partial charge in [-0.3, -0.25) is 4.90 Å². The number of urea groups is 1. The highest BCUT2D eigenvalue weighted by Gasteiger charge is 2.29. The second-order valence-corrected chi connectivity index (χ2v) is 4.98. The Balaban J connectivity index is 2.30. The van der Waals surface area contributed by atoms with Crippen LogP contribution >= 0.6 is 0 Å². The van der Waals surface area contributed by atoms with Crippen LogP contribution in [0.4, 0.5) is 4.79 Å². The summed E-state index contributed by atoms with van der Waals surface area (Å²) in [7, 11) is 0. The van der Waals surface area contributed by atoms with Gasteiger partial charge in [-0.1, -0.05) is 13.8 Å². The van der Waals surface area contributed by atoms with E-state index in [-0.39, 0.29) is 19.0 Å². The van der Waals surface area contributed by atoms with Gasteiger partial charge in [-0.05, 0) is 19.5 Å². The normalized spacial score (nSPS) is 20.2. The maximum absolute atomic E-state index is 11.9. The molecule has 0 bridgehead atoms. The van der Waals surface area contributed by atoms with Crippen LogP contribution in [0.5, 0.6) is 0 Å². The zero-order chi connectivity index (χ0) is 15.1. The molecular formula is C13H25N3O4. The van der Waals surface area contributed by atoms with Gasteiger partial charge in [0.2, 0.25) is 0 Å². The van der Waals surface area contributed by atoms with Crippen molar-refractivity contribution in [3.63, 3.8) is 0 Å². The molecule has 20 heavy (non-hydrogen) atoms. The van der Waals surface area contributed by atoms with Gasteiger partial charge >= 0.3 is 12.0 Å². The molecule has 1 unspecified atom stereocenters. The Labute approximate surface area is 119 Å². The number of likely N-dealkylation sites (N-methyl/N-ethyl adjacent to an activating group) is 1. The largest absolute Gasteiger partial charge is 0.479 e. The zero-order valence-corrected chi connectivity index (χ0v) is 12.2. The van der Waals surface area contributed by atoms with E-state index in [0.29, 0.717) is 19.1 Å². The molecule has 116 valence electrons. The second kappa shape index (κ2) is 8.06. The highest BCUT2D eigenvalue weighted by Crippen LogP contribution is 2.15. The fourth-order valence-electron chi connectivity index (χ4n) is 2.52. The van der Waals surface area contributed by atoms with Gasteiger partial charge in [0, 0.05) is 32.1 Å². The summed E-state index contributed by atoms with van der Waals surface area (Å²) in [6.07, 6.45) is -0.432. The number of aliphatic hydroxyl groups excluding tert-OH is 1. The predicted octanol–water partition coefficient (Wildman–Crippen LogP) is -0.0523. The molecule has 7 nitrogen and oxygen atoms in total. The molecule has 3 N–H and O–H groups in total.